The Morgan fingerprint density at radius 2 is 1.75 bits per heavy atom. The van der Waals surface area contributed by atoms with Crippen LogP contribution in [0, 0.1) is 11.8 Å². The topological polar surface area (TPSA) is 84.9 Å². The Bertz CT molecular complexity index is 556. The molecule has 0 aliphatic heterocycles. The van der Waals surface area contributed by atoms with Crippen molar-refractivity contribution in [2.24, 2.45) is 11.8 Å². The van der Waals surface area contributed by atoms with Crippen molar-refractivity contribution >= 4 is 11.9 Å². The number of hydrogen-bond donors (Lipinski definition) is 2. The summed E-state index contributed by atoms with van der Waals surface area (Å²) in [6.45, 7) is 8.70. The van der Waals surface area contributed by atoms with Crippen LogP contribution in [-0.4, -0.2) is 36.7 Å². The fourth-order valence-electron chi connectivity index (χ4n) is 2.35. The molecule has 1 rings (SSSR count). The summed E-state index contributed by atoms with van der Waals surface area (Å²) in [6, 6.07) is 4.94. The van der Waals surface area contributed by atoms with E-state index in [0.29, 0.717) is 36.7 Å². The van der Waals surface area contributed by atoms with Gasteiger partial charge in [-0.25, -0.2) is 0 Å². The van der Waals surface area contributed by atoms with E-state index in [1.807, 2.05) is 27.7 Å². The zero-order valence-electron chi connectivity index (χ0n) is 14.8. The highest BCUT2D eigenvalue weighted by Crippen LogP contribution is 2.28. The van der Waals surface area contributed by atoms with Gasteiger partial charge in [0.1, 0.15) is 0 Å². The van der Waals surface area contributed by atoms with E-state index in [1.54, 1.807) is 18.2 Å². The number of carboxylic acids is 1. The van der Waals surface area contributed by atoms with Gasteiger partial charge >= 0.3 is 5.97 Å². The molecule has 0 fully saturated rings. The summed E-state index contributed by atoms with van der Waals surface area (Å²) in [6.07, 6.45) is 0.517. The summed E-state index contributed by atoms with van der Waals surface area (Å²) in [7, 11) is 0. The molecule has 0 aliphatic rings. The van der Waals surface area contributed by atoms with E-state index >= 15 is 0 Å². The minimum atomic E-state index is -0.898. The average molecular weight is 337 g/mol. The molecule has 2 N–H and O–H groups in total. The summed E-state index contributed by atoms with van der Waals surface area (Å²) >= 11 is 0. The quantitative estimate of drug-likeness (QED) is 0.685. The monoisotopic (exact) mass is 337 g/mol. The summed E-state index contributed by atoms with van der Waals surface area (Å²) in [5, 5.41) is 11.9. The summed E-state index contributed by atoms with van der Waals surface area (Å²) in [4.78, 5) is 23.5. The zero-order valence-corrected chi connectivity index (χ0v) is 14.8. The molecule has 134 valence electrons. The highest BCUT2D eigenvalue weighted by molar-refractivity contribution is 5.95. The molecular weight excluding hydrogens is 310 g/mol. The normalized spacial score (nSPS) is 11.9. The van der Waals surface area contributed by atoms with Crippen molar-refractivity contribution in [1.82, 2.24) is 5.32 Å². The van der Waals surface area contributed by atoms with Gasteiger partial charge < -0.3 is 19.9 Å². The molecular formula is C18H27NO5. The molecule has 6 nitrogen and oxygen atoms in total. The van der Waals surface area contributed by atoms with Crippen molar-refractivity contribution in [3.8, 4) is 11.5 Å². The molecule has 0 bridgehead atoms. The number of nitrogens with one attached hydrogen (secondary N) is 1. The summed E-state index contributed by atoms with van der Waals surface area (Å²) in [5.74, 6) is -0.483. The highest BCUT2D eigenvalue weighted by atomic mass is 16.5. The summed E-state index contributed by atoms with van der Waals surface area (Å²) < 4.78 is 11.0. The third-order valence-electron chi connectivity index (χ3n) is 3.42. The number of carboxylic acid groups (broad SMARTS) is 1. The number of carbonyl (C=O) groups is 2. The minimum absolute atomic E-state index is 0.101. The van der Waals surface area contributed by atoms with Crippen molar-refractivity contribution in [3.05, 3.63) is 23.8 Å². The molecule has 24 heavy (non-hydrogen) atoms. The van der Waals surface area contributed by atoms with Gasteiger partial charge in [-0.1, -0.05) is 13.8 Å². The van der Waals surface area contributed by atoms with E-state index in [9.17, 15) is 14.7 Å². The molecule has 1 unspecified atom stereocenters. The van der Waals surface area contributed by atoms with Crippen LogP contribution < -0.4 is 14.8 Å². The van der Waals surface area contributed by atoms with Gasteiger partial charge in [-0.15, -0.1) is 0 Å². The van der Waals surface area contributed by atoms with E-state index in [2.05, 4.69) is 5.32 Å². The Balaban J connectivity index is 2.79. The van der Waals surface area contributed by atoms with Gasteiger partial charge in [0.2, 0.25) is 0 Å². The van der Waals surface area contributed by atoms with Gasteiger partial charge in [-0.3, -0.25) is 9.59 Å². The fraction of sp³-hybridized carbons (Fsp3) is 0.556. The second kappa shape index (κ2) is 9.80. The Morgan fingerprint density at radius 1 is 1.12 bits per heavy atom. The molecule has 0 aliphatic carbocycles. The Morgan fingerprint density at radius 3 is 2.29 bits per heavy atom. The third-order valence-corrected chi connectivity index (χ3v) is 3.42. The van der Waals surface area contributed by atoms with Crippen molar-refractivity contribution in [2.75, 3.05) is 19.8 Å². The van der Waals surface area contributed by atoms with Crippen molar-refractivity contribution in [3.63, 3.8) is 0 Å². The molecule has 0 saturated heterocycles. The maximum atomic E-state index is 12.3. The summed E-state index contributed by atoms with van der Waals surface area (Å²) in [5.41, 5.74) is 0.413. The number of rotatable bonds is 10. The van der Waals surface area contributed by atoms with Crippen LogP contribution in [0.25, 0.3) is 0 Å². The SMILES string of the molecule is CCOc1ccc(C(=O)NCC(CC(C)C)C(=O)O)cc1OCC. The molecule has 0 radical (unpaired) electrons. The van der Waals surface area contributed by atoms with Crippen LogP contribution in [0.5, 0.6) is 11.5 Å². The lowest BCUT2D eigenvalue weighted by atomic mass is 9.97. The number of amides is 1. The number of benzene rings is 1. The van der Waals surface area contributed by atoms with Gasteiger partial charge in [0, 0.05) is 12.1 Å². The van der Waals surface area contributed by atoms with Gasteiger partial charge in [0.15, 0.2) is 11.5 Å². The van der Waals surface area contributed by atoms with Crippen LogP contribution >= 0.6 is 0 Å². The van der Waals surface area contributed by atoms with Crippen molar-refractivity contribution < 1.29 is 24.2 Å². The van der Waals surface area contributed by atoms with Crippen LogP contribution in [0.2, 0.25) is 0 Å². The third kappa shape index (κ3) is 6.10. The molecule has 1 atom stereocenters. The number of ether oxygens (including phenoxy) is 2. The van der Waals surface area contributed by atoms with Crippen LogP contribution in [-0.2, 0) is 4.79 Å². The van der Waals surface area contributed by atoms with Crippen LogP contribution in [0.3, 0.4) is 0 Å². The molecule has 0 heterocycles. The molecule has 1 amide bonds. The first kappa shape index (κ1) is 19.8. The number of hydrogen-bond acceptors (Lipinski definition) is 4. The van der Waals surface area contributed by atoms with E-state index in [-0.39, 0.29) is 18.4 Å². The van der Waals surface area contributed by atoms with E-state index in [0.717, 1.165) is 0 Å². The standard InChI is InChI=1S/C18H27NO5/c1-5-23-15-8-7-13(10-16(15)24-6-2)17(20)19-11-14(18(21)22)9-12(3)4/h7-8,10,12,14H,5-6,9,11H2,1-4H3,(H,19,20)(H,21,22). The molecule has 1 aromatic rings. The molecule has 6 heteroatoms. The van der Waals surface area contributed by atoms with Crippen LogP contribution in [0.4, 0.5) is 0 Å². The Labute approximate surface area is 143 Å². The molecule has 1 aromatic carbocycles. The van der Waals surface area contributed by atoms with Gasteiger partial charge in [0.25, 0.3) is 5.91 Å². The highest BCUT2D eigenvalue weighted by Gasteiger charge is 2.20. The lowest BCUT2D eigenvalue weighted by molar-refractivity contribution is -0.142. The van der Waals surface area contributed by atoms with E-state index in [4.69, 9.17) is 9.47 Å². The predicted molar refractivity (Wildman–Crippen MR) is 91.7 cm³/mol. The van der Waals surface area contributed by atoms with Gasteiger partial charge in [-0.2, -0.15) is 0 Å². The molecule has 0 saturated carbocycles. The zero-order chi connectivity index (χ0) is 18.1. The Kier molecular flexibility index (Phi) is 8.09. The average Bonchev–Trinajstić information content (AvgIpc) is 2.52. The van der Waals surface area contributed by atoms with Gasteiger partial charge in [-0.05, 0) is 44.4 Å². The number of aliphatic carboxylic acids is 1. The minimum Gasteiger partial charge on any atom is -0.490 e. The van der Waals surface area contributed by atoms with Crippen molar-refractivity contribution in [2.45, 2.75) is 34.1 Å². The number of carbonyl (C=O) groups excluding carboxylic acids is 1. The second-order valence-electron chi connectivity index (χ2n) is 5.90. The smallest absolute Gasteiger partial charge is 0.308 e. The van der Waals surface area contributed by atoms with Crippen LogP contribution in [0.1, 0.15) is 44.5 Å². The fourth-order valence-corrected chi connectivity index (χ4v) is 2.35. The maximum absolute atomic E-state index is 12.3. The van der Waals surface area contributed by atoms with E-state index in [1.165, 1.54) is 0 Å². The van der Waals surface area contributed by atoms with Crippen LogP contribution in [0.15, 0.2) is 18.2 Å². The Hall–Kier alpha value is -2.24. The second-order valence-corrected chi connectivity index (χ2v) is 5.90. The lowest BCUT2D eigenvalue weighted by Crippen LogP contribution is -2.33. The predicted octanol–water partition coefficient (Wildman–Crippen LogP) is 2.96. The van der Waals surface area contributed by atoms with Crippen molar-refractivity contribution in [1.29, 1.82) is 0 Å². The van der Waals surface area contributed by atoms with Gasteiger partial charge in [0.05, 0.1) is 19.1 Å². The lowest BCUT2D eigenvalue weighted by Gasteiger charge is -2.16. The molecule has 0 aromatic heterocycles. The first-order chi connectivity index (χ1) is 11.4. The first-order valence-corrected chi connectivity index (χ1v) is 8.29. The molecule has 0 spiro atoms. The first-order valence-electron chi connectivity index (χ1n) is 8.29. The largest absolute Gasteiger partial charge is 0.490 e. The maximum Gasteiger partial charge on any atom is 0.308 e. The van der Waals surface area contributed by atoms with E-state index < -0.39 is 11.9 Å².